The van der Waals surface area contributed by atoms with E-state index in [4.69, 9.17) is 0 Å². The van der Waals surface area contributed by atoms with Crippen molar-refractivity contribution in [3.63, 3.8) is 0 Å². The van der Waals surface area contributed by atoms with E-state index < -0.39 is 0 Å². The normalized spacial score (nSPS) is 12.8. The summed E-state index contributed by atoms with van der Waals surface area (Å²) in [7, 11) is 0. The highest BCUT2D eigenvalue weighted by atomic mass is 32.1. The van der Waals surface area contributed by atoms with Crippen LogP contribution in [-0.2, 0) is 6.42 Å². The molecule has 0 aliphatic rings. The van der Waals surface area contributed by atoms with Gasteiger partial charge in [-0.25, -0.2) is 0 Å². The zero-order chi connectivity index (χ0) is 14.4. The van der Waals surface area contributed by atoms with Crippen molar-refractivity contribution in [2.24, 2.45) is 0 Å². The van der Waals surface area contributed by atoms with E-state index in [-0.39, 0.29) is 6.04 Å². The lowest BCUT2D eigenvalue weighted by atomic mass is 10.0. The van der Waals surface area contributed by atoms with E-state index in [1.165, 1.54) is 16.4 Å². The predicted molar refractivity (Wildman–Crippen MR) is 83.0 cm³/mol. The smallest absolute Gasteiger partial charge is 0.0829 e. The van der Waals surface area contributed by atoms with Gasteiger partial charge in [-0.3, -0.25) is 4.98 Å². The molecule has 0 aliphatic heterocycles. The Balaban J connectivity index is 2.20. The fourth-order valence-corrected chi connectivity index (χ4v) is 3.03. The molecular weight excluding hydrogens is 268 g/mol. The van der Waals surface area contributed by atoms with Crippen LogP contribution in [0.3, 0.4) is 0 Å². The minimum atomic E-state index is 0.252. The molecule has 0 aromatic carbocycles. The van der Waals surface area contributed by atoms with Crippen LogP contribution in [0.1, 0.15) is 55.4 Å². The maximum absolute atomic E-state index is 4.43. The van der Waals surface area contributed by atoms with Crippen LogP contribution in [0.4, 0.5) is 0 Å². The van der Waals surface area contributed by atoms with Crippen LogP contribution in [0.25, 0.3) is 0 Å². The van der Waals surface area contributed by atoms with Gasteiger partial charge in [0.25, 0.3) is 0 Å². The minimum absolute atomic E-state index is 0.252. The van der Waals surface area contributed by atoms with Crippen molar-refractivity contribution in [3.05, 3.63) is 40.7 Å². The van der Waals surface area contributed by atoms with Crippen molar-refractivity contribution < 1.29 is 0 Å². The fourth-order valence-electron chi connectivity index (χ4n) is 2.15. The summed E-state index contributed by atoms with van der Waals surface area (Å²) in [6.45, 7) is 7.50. The number of rotatable bonds is 7. The summed E-state index contributed by atoms with van der Waals surface area (Å²) < 4.78 is 4.15. The molecule has 1 atom stereocenters. The first kappa shape index (κ1) is 15.1. The van der Waals surface area contributed by atoms with Crippen LogP contribution in [0.15, 0.2) is 24.4 Å². The molecule has 5 heteroatoms. The summed E-state index contributed by atoms with van der Waals surface area (Å²) >= 11 is 1.50. The first-order valence-electron chi connectivity index (χ1n) is 7.17. The fraction of sp³-hybridized carbons (Fsp3) is 0.533. The molecular formula is C15H22N4S. The Bertz CT molecular complexity index is 510. The van der Waals surface area contributed by atoms with Gasteiger partial charge < -0.3 is 5.32 Å². The Labute approximate surface area is 124 Å². The van der Waals surface area contributed by atoms with Gasteiger partial charge in [0.2, 0.25) is 0 Å². The molecule has 0 saturated heterocycles. The summed E-state index contributed by atoms with van der Waals surface area (Å²) in [4.78, 5) is 5.68. The average Bonchev–Trinajstić information content (AvgIpc) is 2.94. The second kappa shape index (κ2) is 7.45. The number of nitrogens with zero attached hydrogens (tertiary/aromatic N) is 3. The molecule has 0 aliphatic carbocycles. The topological polar surface area (TPSA) is 50.7 Å². The van der Waals surface area contributed by atoms with Crippen molar-refractivity contribution in [1.29, 1.82) is 0 Å². The van der Waals surface area contributed by atoms with E-state index in [1.807, 2.05) is 18.3 Å². The number of aromatic nitrogens is 3. The molecule has 0 saturated carbocycles. The van der Waals surface area contributed by atoms with Gasteiger partial charge in [-0.15, -0.1) is 5.10 Å². The van der Waals surface area contributed by atoms with E-state index in [9.17, 15) is 0 Å². The molecule has 2 rings (SSSR count). The zero-order valence-corrected chi connectivity index (χ0v) is 13.2. The molecule has 0 radical (unpaired) electrons. The molecule has 20 heavy (non-hydrogen) atoms. The van der Waals surface area contributed by atoms with E-state index in [2.05, 4.69) is 46.7 Å². The first-order valence-corrected chi connectivity index (χ1v) is 7.95. The summed E-state index contributed by atoms with van der Waals surface area (Å²) in [5.74, 6) is 0.401. The molecule has 4 nitrogen and oxygen atoms in total. The van der Waals surface area contributed by atoms with Crippen LogP contribution in [0, 0.1) is 0 Å². The third-order valence-corrected chi connectivity index (χ3v) is 4.04. The van der Waals surface area contributed by atoms with E-state index >= 15 is 0 Å². The van der Waals surface area contributed by atoms with E-state index in [1.54, 1.807) is 0 Å². The highest BCUT2D eigenvalue weighted by Crippen LogP contribution is 2.28. The lowest BCUT2D eigenvalue weighted by Crippen LogP contribution is -2.24. The summed E-state index contributed by atoms with van der Waals surface area (Å²) in [6.07, 6.45) is 3.84. The third-order valence-electron chi connectivity index (χ3n) is 3.18. The van der Waals surface area contributed by atoms with Crippen molar-refractivity contribution in [3.8, 4) is 0 Å². The standard InChI is InChI=1S/C15H22N4S/c1-4-8-17-13(10-12-7-5-6-9-16-12)15-14(11(2)3)18-19-20-15/h5-7,9,11,13,17H,4,8,10H2,1-3H3. The third kappa shape index (κ3) is 3.84. The quantitative estimate of drug-likeness (QED) is 0.849. The molecule has 1 N–H and O–H groups in total. The first-order chi connectivity index (χ1) is 9.72. The number of hydrogen-bond acceptors (Lipinski definition) is 5. The van der Waals surface area contributed by atoms with Gasteiger partial charge in [0.05, 0.1) is 16.6 Å². The van der Waals surface area contributed by atoms with Crippen molar-refractivity contribution in [1.82, 2.24) is 19.9 Å². The summed E-state index contributed by atoms with van der Waals surface area (Å²) in [6, 6.07) is 6.31. The minimum Gasteiger partial charge on any atom is -0.309 e. The second-order valence-electron chi connectivity index (χ2n) is 5.21. The molecule has 108 valence electrons. The Morgan fingerprint density at radius 3 is 2.80 bits per heavy atom. The lowest BCUT2D eigenvalue weighted by molar-refractivity contribution is 0.524. The molecule has 2 aromatic heterocycles. The summed E-state index contributed by atoms with van der Waals surface area (Å²) in [5.41, 5.74) is 2.21. The van der Waals surface area contributed by atoms with E-state index in [0.29, 0.717) is 5.92 Å². The Hall–Kier alpha value is -1.33. The number of nitrogens with one attached hydrogen (secondary N) is 1. The van der Waals surface area contributed by atoms with Gasteiger partial charge in [0.1, 0.15) is 0 Å². The molecule has 2 heterocycles. The molecule has 0 spiro atoms. The Kier molecular flexibility index (Phi) is 5.61. The molecule has 0 bridgehead atoms. The van der Waals surface area contributed by atoms with Crippen LogP contribution in [-0.4, -0.2) is 21.1 Å². The highest BCUT2D eigenvalue weighted by Gasteiger charge is 2.21. The van der Waals surface area contributed by atoms with Gasteiger partial charge >= 0.3 is 0 Å². The number of hydrogen-bond donors (Lipinski definition) is 1. The predicted octanol–water partition coefficient (Wildman–Crippen LogP) is 3.34. The largest absolute Gasteiger partial charge is 0.309 e. The van der Waals surface area contributed by atoms with Crippen LogP contribution in [0.5, 0.6) is 0 Å². The zero-order valence-electron chi connectivity index (χ0n) is 12.3. The van der Waals surface area contributed by atoms with Crippen molar-refractivity contribution in [2.75, 3.05) is 6.54 Å². The van der Waals surface area contributed by atoms with E-state index in [0.717, 1.165) is 30.8 Å². The Morgan fingerprint density at radius 2 is 2.15 bits per heavy atom. The van der Waals surface area contributed by atoms with Crippen molar-refractivity contribution in [2.45, 2.75) is 45.6 Å². The Morgan fingerprint density at radius 1 is 1.30 bits per heavy atom. The monoisotopic (exact) mass is 290 g/mol. The molecule has 0 amide bonds. The molecule has 0 fully saturated rings. The van der Waals surface area contributed by atoms with Gasteiger partial charge in [-0.1, -0.05) is 31.3 Å². The lowest BCUT2D eigenvalue weighted by Gasteiger charge is -2.18. The maximum Gasteiger partial charge on any atom is 0.0829 e. The SMILES string of the molecule is CCCNC(Cc1ccccn1)c1snnc1C(C)C. The maximum atomic E-state index is 4.43. The van der Waals surface area contributed by atoms with Crippen molar-refractivity contribution >= 4 is 11.5 Å². The highest BCUT2D eigenvalue weighted by molar-refractivity contribution is 7.05. The van der Waals surface area contributed by atoms with Gasteiger partial charge in [0, 0.05) is 18.3 Å². The van der Waals surface area contributed by atoms with Crippen LogP contribution >= 0.6 is 11.5 Å². The summed E-state index contributed by atoms with van der Waals surface area (Å²) in [5, 5.41) is 7.90. The molecule has 1 unspecified atom stereocenters. The average molecular weight is 290 g/mol. The van der Waals surface area contributed by atoms with Crippen LogP contribution < -0.4 is 5.32 Å². The number of pyridine rings is 1. The van der Waals surface area contributed by atoms with Gasteiger partial charge in [-0.05, 0) is 42.5 Å². The second-order valence-corrected chi connectivity index (χ2v) is 5.99. The van der Waals surface area contributed by atoms with Crippen LogP contribution in [0.2, 0.25) is 0 Å². The molecule has 2 aromatic rings. The van der Waals surface area contributed by atoms with Gasteiger partial charge in [-0.2, -0.15) is 0 Å². The van der Waals surface area contributed by atoms with Gasteiger partial charge in [0.15, 0.2) is 0 Å².